The van der Waals surface area contributed by atoms with Crippen LogP contribution < -0.4 is 0 Å². The molecule has 1 aliphatic carbocycles. The highest BCUT2D eigenvalue weighted by molar-refractivity contribution is 5.99. The van der Waals surface area contributed by atoms with E-state index in [2.05, 4.69) is 14.9 Å². The molecule has 0 atom stereocenters. The van der Waals surface area contributed by atoms with Gasteiger partial charge in [-0.15, -0.1) is 0 Å². The van der Waals surface area contributed by atoms with Gasteiger partial charge in [0, 0.05) is 47.3 Å². The zero-order valence-corrected chi connectivity index (χ0v) is 17.3. The number of hydrogen-bond acceptors (Lipinski definition) is 5. The molecule has 1 amide bonds. The van der Waals surface area contributed by atoms with Gasteiger partial charge in [-0.05, 0) is 25.0 Å². The first-order chi connectivity index (χ1) is 15.7. The number of ether oxygens (including phenoxy) is 1. The number of ketones is 1. The van der Waals surface area contributed by atoms with Gasteiger partial charge >= 0.3 is 6.61 Å². The smallest absolute Gasteiger partial charge is 0.345 e. The van der Waals surface area contributed by atoms with E-state index in [9.17, 15) is 27.2 Å². The van der Waals surface area contributed by atoms with Crippen molar-refractivity contribution in [3.63, 3.8) is 0 Å². The lowest BCUT2D eigenvalue weighted by Crippen LogP contribution is -2.36. The third-order valence-electron chi connectivity index (χ3n) is 6.28. The van der Waals surface area contributed by atoms with Crippen molar-refractivity contribution < 1.29 is 36.4 Å². The van der Waals surface area contributed by atoms with Gasteiger partial charge in [-0.1, -0.05) is 5.16 Å². The number of fused-ring (bicyclic) bond motifs is 2. The summed E-state index contributed by atoms with van der Waals surface area (Å²) < 4.78 is 61.5. The highest BCUT2D eigenvalue weighted by atomic mass is 19.3. The molecule has 1 saturated carbocycles. The first-order valence-corrected chi connectivity index (χ1v) is 10.4. The number of nitrogens with zero attached hydrogens (tertiary/aromatic N) is 2. The number of rotatable bonds is 7. The number of benzene rings is 1. The minimum absolute atomic E-state index is 0.00574. The van der Waals surface area contributed by atoms with Crippen molar-refractivity contribution in [2.45, 2.75) is 38.8 Å². The van der Waals surface area contributed by atoms with E-state index in [-0.39, 0.29) is 42.3 Å². The molecule has 0 saturated heterocycles. The van der Waals surface area contributed by atoms with Crippen molar-refractivity contribution in [1.29, 1.82) is 0 Å². The van der Waals surface area contributed by atoms with Crippen LogP contribution in [0.4, 0.5) is 17.6 Å². The maximum atomic E-state index is 13.5. The SMILES string of the molecule is O=C(CC1(COC(F)F)CC1)c1noc2c1CN(C(=O)c1cc3cc(F)c(F)cc3[nH]1)CC2. The second kappa shape index (κ2) is 7.98. The Balaban J connectivity index is 1.32. The van der Waals surface area contributed by atoms with E-state index in [4.69, 9.17) is 4.52 Å². The van der Waals surface area contributed by atoms with Gasteiger partial charge < -0.3 is 19.1 Å². The predicted molar refractivity (Wildman–Crippen MR) is 106 cm³/mol. The number of halogens is 4. The van der Waals surface area contributed by atoms with Crippen LogP contribution in [0.3, 0.4) is 0 Å². The Bertz CT molecular complexity index is 1210. The number of aromatic nitrogens is 2. The van der Waals surface area contributed by atoms with Crippen LogP contribution in [0, 0.1) is 17.0 Å². The normalized spacial score (nSPS) is 16.9. The summed E-state index contributed by atoms with van der Waals surface area (Å²) in [7, 11) is 0. The molecule has 0 spiro atoms. The highest BCUT2D eigenvalue weighted by Crippen LogP contribution is 2.50. The summed E-state index contributed by atoms with van der Waals surface area (Å²) in [5.74, 6) is -2.28. The Hall–Kier alpha value is -3.21. The Labute approximate surface area is 184 Å². The van der Waals surface area contributed by atoms with Gasteiger partial charge in [0.25, 0.3) is 5.91 Å². The van der Waals surface area contributed by atoms with Gasteiger partial charge in [-0.3, -0.25) is 9.59 Å². The monoisotopic (exact) mass is 465 g/mol. The van der Waals surface area contributed by atoms with Crippen LogP contribution in [0.5, 0.6) is 0 Å². The predicted octanol–water partition coefficient (Wildman–Crippen LogP) is 4.22. The van der Waals surface area contributed by atoms with Crippen LogP contribution in [0.15, 0.2) is 22.7 Å². The largest absolute Gasteiger partial charge is 0.360 e. The number of alkyl halides is 2. The molecule has 7 nitrogen and oxygen atoms in total. The lowest BCUT2D eigenvalue weighted by molar-refractivity contribution is -0.140. The van der Waals surface area contributed by atoms with Crippen LogP contribution in [-0.2, 0) is 17.7 Å². The number of H-pyrrole nitrogens is 1. The molecule has 3 aromatic rings. The zero-order valence-electron chi connectivity index (χ0n) is 17.3. The minimum atomic E-state index is -2.89. The summed E-state index contributed by atoms with van der Waals surface area (Å²) in [4.78, 5) is 30.2. The summed E-state index contributed by atoms with van der Waals surface area (Å²) in [6.07, 6.45) is 1.56. The molecule has 0 radical (unpaired) electrons. The van der Waals surface area contributed by atoms with Gasteiger partial charge in [-0.2, -0.15) is 8.78 Å². The number of amides is 1. The molecule has 3 heterocycles. The molecular formula is C22H19F4N3O4. The van der Waals surface area contributed by atoms with Crippen LogP contribution in [-0.4, -0.2) is 46.5 Å². The number of nitrogens with one attached hydrogen (secondary N) is 1. The first kappa shape index (κ1) is 21.6. The molecule has 1 fully saturated rings. The van der Waals surface area contributed by atoms with Crippen LogP contribution in [0.1, 0.15) is 51.6 Å². The third-order valence-corrected chi connectivity index (χ3v) is 6.28. The van der Waals surface area contributed by atoms with Gasteiger partial charge in [0.15, 0.2) is 23.1 Å². The molecule has 0 bridgehead atoms. The van der Waals surface area contributed by atoms with Crippen LogP contribution in [0.2, 0.25) is 0 Å². The van der Waals surface area contributed by atoms with Crippen LogP contribution in [0.25, 0.3) is 10.9 Å². The van der Waals surface area contributed by atoms with Crippen molar-refractivity contribution in [3.8, 4) is 0 Å². The van der Waals surface area contributed by atoms with E-state index >= 15 is 0 Å². The van der Waals surface area contributed by atoms with Crippen molar-refractivity contribution in [1.82, 2.24) is 15.0 Å². The second-order valence-electron chi connectivity index (χ2n) is 8.62. The first-order valence-electron chi connectivity index (χ1n) is 10.4. The molecule has 5 rings (SSSR count). The lowest BCUT2D eigenvalue weighted by atomic mass is 9.95. The average molecular weight is 465 g/mol. The van der Waals surface area contributed by atoms with E-state index < -0.39 is 29.6 Å². The van der Waals surface area contributed by atoms with Crippen molar-refractivity contribution in [3.05, 3.63) is 52.5 Å². The summed E-state index contributed by atoms with van der Waals surface area (Å²) >= 11 is 0. The number of carbonyl (C=O) groups excluding carboxylic acids is 2. The molecule has 2 aromatic heterocycles. The second-order valence-corrected chi connectivity index (χ2v) is 8.62. The average Bonchev–Trinajstić information content (AvgIpc) is 3.22. The summed E-state index contributed by atoms with van der Waals surface area (Å²) in [6, 6.07) is 3.43. The number of aromatic amines is 1. The Kier molecular flexibility index (Phi) is 5.23. The number of hydrogen-bond donors (Lipinski definition) is 1. The van der Waals surface area contributed by atoms with E-state index in [0.717, 1.165) is 12.1 Å². The van der Waals surface area contributed by atoms with Crippen molar-refractivity contribution in [2.75, 3.05) is 13.2 Å². The molecular weight excluding hydrogens is 446 g/mol. The molecule has 1 aliphatic heterocycles. The maximum absolute atomic E-state index is 13.5. The van der Waals surface area contributed by atoms with E-state index in [1.54, 1.807) is 0 Å². The molecule has 33 heavy (non-hydrogen) atoms. The molecule has 0 unspecified atom stereocenters. The fourth-order valence-electron chi connectivity index (χ4n) is 4.23. The Morgan fingerprint density at radius 3 is 2.70 bits per heavy atom. The van der Waals surface area contributed by atoms with Gasteiger partial charge in [0.1, 0.15) is 11.5 Å². The van der Waals surface area contributed by atoms with Gasteiger partial charge in [-0.25, -0.2) is 8.78 Å². The van der Waals surface area contributed by atoms with E-state index in [0.29, 0.717) is 42.5 Å². The van der Waals surface area contributed by atoms with E-state index in [1.807, 2.05) is 0 Å². The summed E-state index contributed by atoms with van der Waals surface area (Å²) in [5, 5.41) is 4.24. The fourth-order valence-corrected chi connectivity index (χ4v) is 4.23. The molecule has 174 valence electrons. The summed E-state index contributed by atoms with van der Waals surface area (Å²) in [6.45, 7) is -2.73. The fraction of sp³-hybridized carbons (Fsp3) is 0.409. The van der Waals surface area contributed by atoms with Crippen molar-refractivity contribution in [2.24, 2.45) is 5.41 Å². The van der Waals surface area contributed by atoms with Gasteiger partial charge in [0.2, 0.25) is 0 Å². The van der Waals surface area contributed by atoms with Gasteiger partial charge in [0.05, 0.1) is 13.2 Å². The molecule has 2 aliphatic rings. The number of Topliss-reactive ketones (excluding diaryl/α,β-unsaturated/α-hetero) is 1. The minimum Gasteiger partial charge on any atom is -0.360 e. The lowest BCUT2D eigenvalue weighted by Gasteiger charge is -2.25. The number of carbonyl (C=O) groups is 2. The quantitative estimate of drug-likeness (QED) is 0.417. The molecule has 1 aromatic carbocycles. The van der Waals surface area contributed by atoms with Crippen LogP contribution >= 0.6 is 0 Å². The standard InChI is InChI=1S/C22H19F4N3O4/c23-13-5-11-6-16(27-15(11)7-14(13)24)20(31)29-4-1-18-12(9-29)19(28-33-18)17(30)8-22(2-3-22)10-32-21(25)26/h5-7,21,27H,1-4,8-10H2. The maximum Gasteiger partial charge on any atom is 0.345 e. The highest BCUT2D eigenvalue weighted by Gasteiger charge is 2.46. The third kappa shape index (κ3) is 4.12. The Morgan fingerprint density at radius 1 is 1.21 bits per heavy atom. The molecule has 11 heteroatoms. The zero-order chi connectivity index (χ0) is 23.3. The molecule has 1 N–H and O–H groups in total. The van der Waals surface area contributed by atoms with E-state index in [1.165, 1.54) is 11.0 Å². The Morgan fingerprint density at radius 2 is 1.97 bits per heavy atom. The topological polar surface area (TPSA) is 88.4 Å². The van der Waals surface area contributed by atoms with Crippen molar-refractivity contribution >= 4 is 22.6 Å². The summed E-state index contributed by atoms with van der Waals surface area (Å²) in [5.41, 5.74) is 0.406.